The lowest BCUT2D eigenvalue weighted by Crippen LogP contribution is -2.22. The van der Waals surface area contributed by atoms with E-state index in [1.807, 2.05) is 19.0 Å². The van der Waals surface area contributed by atoms with Crippen molar-refractivity contribution in [3.63, 3.8) is 0 Å². The van der Waals surface area contributed by atoms with E-state index in [1.54, 1.807) is 0 Å². The predicted molar refractivity (Wildman–Crippen MR) is 88.5 cm³/mol. The van der Waals surface area contributed by atoms with Crippen molar-refractivity contribution in [2.45, 2.75) is 6.18 Å². The first-order valence-electron chi connectivity index (χ1n) is 7.45. The molecule has 0 saturated heterocycles. The van der Waals surface area contributed by atoms with Gasteiger partial charge < -0.3 is 15.5 Å². The highest BCUT2D eigenvalue weighted by Gasteiger charge is 2.33. The molecule has 0 unspecified atom stereocenters. The van der Waals surface area contributed by atoms with Crippen LogP contribution in [0.25, 0.3) is 0 Å². The predicted octanol–water partition coefficient (Wildman–Crippen LogP) is 2.72. The molecule has 1 aromatic heterocycles. The number of alkyl halides is 3. The number of halogens is 3. The van der Waals surface area contributed by atoms with E-state index < -0.39 is 17.6 Å². The van der Waals surface area contributed by atoms with E-state index in [4.69, 9.17) is 0 Å². The van der Waals surface area contributed by atoms with Crippen molar-refractivity contribution in [1.82, 2.24) is 14.9 Å². The van der Waals surface area contributed by atoms with E-state index in [2.05, 4.69) is 20.6 Å². The second kappa shape index (κ2) is 7.93. The quantitative estimate of drug-likeness (QED) is 0.836. The average molecular weight is 353 g/mol. The summed E-state index contributed by atoms with van der Waals surface area (Å²) >= 11 is 0. The van der Waals surface area contributed by atoms with Crippen LogP contribution in [0.1, 0.15) is 16.1 Å². The number of nitrogens with one attached hydrogen (secondary N) is 2. The van der Waals surface area contributed by atoms with Crippen LogP contribution in [0.3, 0.4) is 0 Å². The Bertz CT molecular complexity index is 734. The molecular weight excluding hydrogens is 335 g/mol. The van der Waals surface area contributed by atoms with Crippen LogP contribution < -0.4 is 10.6 Å². The van der Waals surface area contributed by atoms with Gasteiger partial charge in [0.05, 0.1) is 11.3 Å². The van der Waals surface area contributed by atoms with E-state index >= 15 is 0 Å². The Morgan fingerprint density at radius 2 is 1.92 bits per heavy atom. The minimum atomic E-state index is -4.56. The molecule has 1 amide bonds. The van der Waals surface area contributed by atoms with Crippen molar-refractivity contribution in [1.29, 1.82) is 0 Å². The highest BCUT2D eigenvalue weighted by atomic mass is 19.4. The fourth-order valence-electron chi connectivity index (χ4n) is 2.01. The summed E-state index contributed by atoms with van der Waals surface area (Å²) in [4.78, 5) is 22.0. The maximum Gasteiger partial charge on any atom is 0.418 e. The number of anilines is 2. The van der Waals surface area contributed by atoms with Gasteiger partial charge in [0.15, 0.2) is 0 Å². The van der Waals surface area contributed by atoms with Crippen molar-refractivity contribution < 1.29 is 18.0 Å². The molecule has 0 radical (unpaired) electrons. The third-order valence-corrected chi connectivity index (χ3v) is 3.25. The van der Waals surface area contributed by atoms with Crippen molar-refractivity contribution in [2.75, 3.05) is 37.8 Å². The highest BCUT2D eigenvalue weighted by molar-refractivity contribution is 6.03. The molecule has 0 aliphatic carbocycles. The van der Waals surface area contributed by atoms with Crippen molar-refractivity contribution >= 4 is 17.4 Å². The van der Waals surface area contributed by atoms with Crippen molar-refractivity contribution in [2.24, 2.45) is 0 Å². The number of nitrogens with zero attached hydrogens (tertiary/aromatic N) is 3. The Morgan fingerprint density at radius 3 is 2.60 bits per heavy atom. The Labute approximate surface area is 143 Å². The summed E-state index contributed by atoms with van der Waals surface area (Å²) in [6.45, 7) is 1.35. The maximum atomic E-state index is 13.0. The Hall–Kier alpha value is -2.68. The van der Waals surface area contributed by atoms with Gasteiger partial charge in [0, 0.05) is 19.2 Å². The molecule has 134 valence electrons. The Balaban J connectivity index is 2.12. The molecule has 0 aliphatic rings. The number of aromatic nitrogens is 2. The number of amides is 1. The number of carbonyl (C=O) groups is 1. The van der Waals surface area contributed by atoms with Crippen molar-refractivity contribution in [3.8, 4) is 0 Å². The van der Waals surface area contributed by atoms with Crippen LogP contribution in [-0.4, -0.2) is 48.0 Å². The largest absolute Gasteiger partial charge is 0.418 e. The molecule has 0 spiro atoms. The molecule has 0 atom stereocenters. The van der Waals surface area contributed by atoms with Gasteiger partial charge in [0.1, 0.15) is 17.8 Å². The Kier molecular flexibility index (Phi) is 5.92. The lowest BCUT2D eigenvalue weighted by Gasteiger charge is -2.14. The molecule has 2 aromatic rings. The topological polar surface area (TPSA) is 70.2 Å². The first kappa shape index (κ1) is 18.7. The van der Waals surface area contributed by atoms with Crippen molar-refractivity contribution in [3.05, 3.63) is 47.9 Å². The normalized spacial score (nSPS) is 11.4. The summed E-state index contributed by atoms with van der Waals surface area (Å²) in [7, 11) is 3.83. The van der Waals surface area contributed by atoms with Gasteiger partial charge in [-0.25, -0.2) is 9.97 Å². The molecular formula is C16H18F3N5O. The zero-order valence-electron chi connectivity index (χ0n) is 13.8. The minimum absolute atomic E-state index is 0.0284. The number of para-hydroxylation sites is 1. The zero-order valence-corrected chi connectivity index (χ0v) is 13.8. The van der Waals surface area contributed by atoms with Crippen LogP contribution in [0.4, 0.5) is 24.7 Å². The van der Waals surface area contributed by atoms with Crippen LogP contribution in [0.15, 0.2) is 36.7 Å². The molecule has 1 aromatic carbocycles. The molecule has 0 aliphatic heterocycles. The van der Waals surface area contributed by atoms with Gasteiger partial charge >= 0.3 is 6.18 Å². The van der Waals surface area contributed by atoms with E-state index in [1.165, 1.54) is 30.6 Å². The molecule has 0 saturated carbocycles. The fraction of sp³-hybridized carbons (Fsp3) is 0.312. The minimum Gasteiger partial charge on any atom is -0.369 e. The molecule has 9 heteroatoms. The van der Waals surface area contributed by atoms with Crippen LogP contribution in [0, 0.1) is 0 Å². The van der Waals surface area contributed by atoms with Gasteiger partial charge in [-0.2, -0.15) is 13.2 Å². The third kappa shape index (κ3) is 5.42. The van der Waals surface area contributed by atoms with Crippen LogP contribution >= 0.6 is 0 Å². The molecule has 1 heterocycles. The van der Waals surface area contributed by atoms with Crippen LogP contribution in [0.5, 0.6) is 0 Å². The number of hydrogen-bond donors (Lipinski definition) is 2. The third-order valence-electron chi connectivity index (χ3n) is 3.25. The fourth-order valence-corrected chi connectivity index (χ4v) is 2.01. The van der Waals surface area contributed by atoms with Gasteiger partial charge in [0.25, 0.3) is 5.91 Å². The van der Waals surface area contributed by atoms with E-state index in [-0.39, 0.29) is 11.4 Å². The first-order chi connectivity index (χ1) is 11.8. The molecule has 6 nitrogen and oxygen atoms in total. The Morgan fingerprint density at radius 1 is 1.20 bits per heavy atom. The summed E-state index contributed by atoms with van der Waals surface area (Å²) in [6.07, 6.45) is -3.38. The summed E-state index contributed by atoms with van der Waals surface area (Å²) in [6, 6.07) is 6.16. The number of hydrogen-bond acceptors (Lipinski definition) is 5. The smallest absolute Gasteiger partial charge is 0.369 e. The van der Waals surface area contributed by atoms with Gasteiger partial charge in [-0.05, 0) is 26.2 Å². The molecule has 0 fully saturated rings. The van der Waals surface area contributed by atoms with Crippen LogP contribution in [-0.2, 0) is 6.18 Å². The van der Waals surface area contributed by atoms with E-state index in [9.17, 15) is 18.0 Å². The molecule has 25 heavy (non-hydrogen) atoms. The number of benzene rings is 1. The number of likely N-dealkylation sites (N-methyl/N-ethyl adjacent to an activating group) is 1. The molecule has 2 N–H and O–H groups in total. The van der Waals surface area contributed by atoms with E-state index in [0.717, 1.165) is 12.6 Å². The average Bonchev–Trinajstić information content (AvgIpc) is 2.54. The SMILES string of the molecule is CN(C)CCNc1cc(C(=O)Nc2ccccc2C(F)(F)F)ncn1. The molecule has 2 rings (SSSR count). The summed E-state index contributed by atoms with van der Waals surface area (Å²) in [5.74, 6) is -0.319. The highest BCUT2D eigenvalue weighted by Crippen LogP contribution is 2.34. The monoisotopic (exact) mass is 353 g/mol. The van der Waals surface area contributed by atoms with Gasteiger partial charge in [-0.15, -0.1) is 0 Å². The summed E-state index contributed by atoms with van der Waals surface area (Å²) in [5, 5.41) is 5.27. The molecule has 0 bridgehead atoms. The lowest BCUT2D eigenvalue weighted by molar-refractivity contribution is -0.136. The maximum absolute atomic E-state index is 13.0. The summed E-state index contributed by atoms with van der Waals surface area (Å²) in [5.41, 5.74) is -1.26. The zero-order chi connectivity index (χ0) is 18.4. The second-order valence-electron chi connectivity index (χ2n) is 5.52. The van der Waals surface area contributed by atoms with E-state index in [0.29, 0.717) is 12.4 Å². The summed E-state index contributed by atoms with van der Waals surface area (Å²) < 4.78 is 38.9. The van der Waals surface area contributed by atoms with Crippen LogP contribution in [0.2, 0.25) is 0 Å². The lowest BCUT2D eigenvalue weighted by atomic mass is 10.1. The van der Waals surface area contributed by atoms with Gasteiger partial charge in [-0.1, -0.05) is 12.1 Å². The van der Waals surface area contributed by atoms with Gasteiger partial charge in [0.2, 0.25) is 0 Å². The number of rotatable bonds is 6. The standard InChI is InChI=1S/C16H18F3N5O/c1-24(2)8-7-20-14-9-13(21-10-22-14)15(25)23-12-6-4-3-5-11(12)16(17,18)19/h3-6,9-10H,7-8H2,1-2H3,(H,23,25)(H,20,21,22). The van der Waals surface area contributed by atoms with Gasteiger partial charge in [-0.3, -0.25) is 4.79 Å². The second-order valence-corrected chi connectivity index (χ2v) is 5.52. The number of carbonyl (C=O) groups excluding carboxylic acids is 1. The first-order valence-corrected chi connectivity index (χ1v) is 7.45.